The molecular formula is C23H17F2N3O2S. The van der Waals surface area contributed by atoms with Crippen LogP contribution in [0.25, 0.3) is 20.8 Å². The van der Waals surface area contributed by atoms with Crippen LogP contribution in [-0.4, -0.2) is 22.5 Å². The second-order valence-corrected chi connectivity index (χ2v) is 8.21. The average molecular weight is 437 g/mol. The molecule has 1 unspecified atom stereocenters. The van der Waals surface area contributed by atoms with Crippen LogP contribution in [0.1, 0.15) is 40.5 Å². The molecule has 1 atom stereocenters. The van der Waals surface area contributed by atoms with Crippen molar-refractivity contribution in [3.8, 4) is 16.3 Å². The Morgan fingerprint density at radius 1 is 1.16 bits per heavy atom. The Morgan fingerprint density at radius 3 is 2.84 bits per heavy atom. The van der Waals surface area contributed by atoms with E-state index in [9.17, 15) is 13.6 Å². The first-order valence-electron chi connectivity index (χ1n) is 9.76. The van der Waals surface area contributed by atoms with Crippen LogP contribution in [-0.2, 0) is 0 Å². The lowest BCUT2D eigenvalue weighted by Crippen LogP contribution is -2.32. The lowest BCUT2D eigenvalue weighted by Gasteiger charge is -2.26. The maximum Gasteiger partial charge on any atom is 0.280 e. The molecule has 0 saturated heterocycles. The van der Waals surface area contributed by atoms with Gasteiger partial charge in [-0.3, -0.25) is 9.78 Å². The molecule has 1 aliphatic rings. The van der Waals surface area contributed by atoms with Crippen molar-refractivity contribution in [2.45, 2.75) is 18.9 Å². The monoisotopic (exact) mass is 437 g/mol. The number of nitrogens with zero attached hydrogens (tertiary/aromatic N) is 2. The molecular weight excluding hydrogens is 420 g/mol. The molecule has 156 valence electrons. The summed E-state index contributed by atoms with van der Waals surface area (Å²) in [4.78, 5) is 21.2. The van der Waals surface area contributed by atoms with Crippen molar-refractivity contribution in [3.05, 3.63) is 77.6 Å². The summed E-state index contributed by atoms with van der Waals surface area (Å²) in [5, 5.41) is 3.76. The van der Waals surface area contributed by atoms with Gasteiger partial charge in [0.2, 0.25) is 0 Å². The molecule has 0 spiro atoms. The number of ether oxygens (including phenoxy) is 1. The van der Waals surface area contributed by atoms with Crippen LogP contribution in [0.3, 0.4) is 0 Å². The van der Waals surface area contributed by atoms with E-state index in [-0.39, 0.29) is 17.6 Å². The molecule has 1 aliphatic heterocycles. The second kappa shape index (κ2) is 8.03. The van der Waals surface area contributed by atoms with Gasteiger partial charge in [-0.1, -0.05) is 18.2 Å². The van der Waals surface area contributed by atoms with Gasteiger partial charge in [0.15, 0.2) is 0 Å². The SMILES string of the molecule is O=C(NC1CCOc2ccccc21)c1ccc2nc(-c3ccc(C(F)F)nc3)sc2c1. The topological polar surface area (TPSA) is 64.1 Å². The predicted octanol–water partition coefficient (Wildman–Crippen LogP) is 5.55. The summed E-state index contributed by atoms with van der Waals surface area (Å²) < 4.78 is 31.9. The van der Waals surface area contributed by atoms with Crippen molar-refractivity contribution in [1.82, 2.24) is 15.3 Å². The van der Waals surface area contributed by atoms with Gasteiger partial charge < -0.3 is 10.1 Å². The molecule has 0 bridgehead atoms. The number of hydrogen-bond donors (Lipinski definition) is 1. The fourth-order valence-electron chi connectivity index (χ4n) is 3.58. The summed E-state index contributed by atoms with van der Waals surface area (Å²) in [5.74, 6) is 0.634. The third-order valence-corrected chi connectivity index (χ3v) is 6.24. The summed E-state index contributed by atoms with van der Waals surface area (Å²) in [5.41, 5.74) is 2.65. The number of fused-ring (bicyclic) bond motifs is 2. The smallest absolute Gasteiger partial charge is 0.280 e. The van der Waals surface area contributed by atoms with Gasteiger partial charge in [-0.15, -0.1) is 11.3 Å². The Bertz CT molecular complexity index is 1260. The number of nitrogens with one attached hydrogen (secondary N) is 1. The summed E-state index contributed by atoms with van der Waals surface area (Å²) in [7, 11) is 0. The summed E-state index contributed by atoms with van der Waals surface area (Å²) in [6.07, 6.45) is -0.500. The van der Waals surface area contributed by atoms with E-state index in [1.807, 2.05) is 24.3 Å². The molecule has 2 aromatic heterocycles. The molecule has 0 fully saturated rings. The highest BCUT2D eigenvalue weighted by molar-refractivity contribution is 7.21. The van der Waals surface area contributed by atoms with Gasteiger partial charge >= 0.3 is 0 Å². The molecule has 2 aromatic carbocycles. The van der Waals surface area contributed by atoms with E-state index in [4.69, 9.17) is 4.74 Å². The third-order valence-electron chi connectivity index (χ3n) is 5.17. The van der Waals surface area contributed by atoms with Crippen LogP contribution < -0.4 is 10.1 Å². The van der Waals surface area contributed by atoms with Crippen LogP contribution in [0.2, 0.25) is 0 Å². The Balaban J connectivity index is 1.38. The number of amides is 1. The molecule has 1 N–H and O–H groups in total. The highest BCUT2D eigenvalue weighted by atomic mass is 32.1. The first kappa shape index (κ1) is 19.6. The van der Waals surface area contributed by atoms with E-state index in [0.717, 1.165) is 21.5 Å². The number of hydrogen-bond acceptors (Lipinski definition) is 5. The van der Waals surface area contributed by atoms with Crippen molar-refractivity contribution in [3.63, 3.8) is 0 Å². The molecule has 31 heavy (non-hydrogen) atoms. The number of carbonyl (C=O) groups is 1. The number of pyridine rings is 1. The van der Waals surface area contributed by atoms with Gasteiger partial charge in [0.1, 0.15) is 16.5 Å². The van der Waals surface area contributed by atoms with E-state index >= 15 is 0 Å². The second-order valence-electron chi connectivity index (χ2n) is 7.17. The fraction of sp³-hybridized carbons (Fsp3) is 0.174. The lowest BCUT2D eigenvalue weighted by molar-refractivity contribution is 0.0925. The van der Waals surface area contributed by atoms with Gasteiger partial charge in [-0.25, -0.2) is 13.8 Å². The molecule has 3 heterocycles. The number of benzene rings is 2. The standard InChI is InChI=1S/C23H17F2N3O2S/c24-21(25)18-8-6-14(12-26-18)23-28-17-7-5-13(11-20(17)31-23)22(29)27-16-9-10-30-19-4-2-1-3-15(16)19/h1-8,11-12,16,21H,9-10H2,(H,27,29). The zero-order chi connectivity index (χ0) is 21.4. The largest absolute Gasteiger partial charge is 0.493 e. The highest BCUT2D eigenvalue weighted by Crippen LogP contribution is 2.33. The number of aromatic nitrogens is 2. The van der Waals surface area contributed by atoms with Crippen molar-refractivity contribution >= 4 is 27.5 Å². The average Bonchev–Trinajstić information content (AvgIpc) is 3.23. The fourth-order valence-corrected chi connectivity index (χ4v) is 4.58. The van der Waals surface area contributed by atoms with Crippen LogP contribution in [0.15, 0.2) is 60.8 Å². The summed E-state index contributed by atoms with van der Waals surface area (Å²) >= 11 is 1.39. The van der Waals surface area contributed by atoms with Crippen LogP contribution in [0, 0.1) is 0 Å². The third kappa shape index (κ3) is 3.86. The van der Waals surface area contributed by atoms with Gasteiger partial charge in [0, 0.05) is 29.3 Å². The Labute approximate surface area is 180 Å². The van der Waals surface area contributed by atoms with Crippen LogP contribution >= 0.6 is 11.3 Å². The molecule has 5 nitrogen and oxygen atoms in total. The predicted molar refractivity (Wildman–Crippen MR) is 115 cm³/mol. The molecule has 1 amide bonds. The number of rotatable bonds is 4. The normalized spacial score (nSPS) is 15.5. The Hall–Kier alpha value is -3.39. The number of para-hydroxylation sites is 1. The zero-order valence-electron chi connectivity index (χ0n) is 16.2. The number of halogens is 2. The summed E-state index contributed by atoms with van der Waals surface area (Å²) in [6.45, 7) is 0.553. The first-order valence-corrected chi connectivity index (χ1v) is 10.6. The van der Waals surface area contributed by atoms with Gasteiger partial charge in [0.25, 0.3) is 12.3 Å². The minimum Gasteiger partial charge on any atom is -0.493 e. The minimum absolute atomic E-state index is 0.107. The number of carbonyl (C=O) groups excluding carboxylic acids is 1. The molecule has 8 heteroatoms. The Kier molecular flexibility index (Phi) is 5.07. The number of thiazole rings is 1. The van der Waals surface area contributed by atoms with E-state index in [0.29, 0.717) is 29.2 Å². The quantitative estimate of drug-likeness (QED) is 0.455. The van der Waals surface area contributed by atoms with Gasteiger partial charge in [-0.2, -0.15) is 0 Å². The van der Waals surface area contributed by atoms with E-state index in [2.05, 4.69) is 15.3 Å². The van der Waals surface area contributed by atoms with E-state index < -0.39 is 6.43 Å². The number of alkyl halides is 2. The highest BCUT2D eigenvalue weighted by Gasteiger charge is 2.23. The van der Waals surface area contributed by atoms with E-state index in [1.54, 1.807) is 24.3 Å². The first-order chi connectivity index (χ1) is 15.1. The minimum atomic E-state index is -2.60. The van der Waals surface area contributed by atoms with Gasteiger partial charge in [-0.05, 0) is 36.4 Å². The van der Waals surface area contributed by atoms with Crippen LogP contribution in [0.5, 0.6) is 5.75 Å². The van der Waals surface area contributed by atoms with Crippen molar-refractivity contribution < 1.29 is 18.3 Å². The van der Waals surface area contributed by atoms with E-state index in [1.165, 1.54) is 23.6 Å². The van der Waals surface area contributed by atoms with Crippen molar-refractivity contribution in [2.75, 3.05) is 6.61 Å². The molecule has 0 radical (unpaired) electrons. The maximum absolute atomic E-state index is 12.9. The molecule has 0 saturated carbocycles. The molecule has 4 aromatic rings. The van der Waals surface area contributed by atoms with Gasteiger partial charge in [0.05, 0.1) is 22.9 Å². The molecule has 5 rings (SSSR count). The zero-order valence-corrected chi connectivity index (χ0v) is 17.0. The van der Waals surface area contributed by atoms with Crippen LogP contribution in [0.4, 0.5) is 8.78 Å². The Morgan fingerprint density at radius 2 is 2.03 bits per heavy atom. The summed E-state index contributed by atoms with van der Waals surface area (Å²) in [6, 6.07) is 15.8. The van der Waals surface area contributed by atoms with Crippen molar-refractivity contribution in [2.24, 2.45) is 0 Å². The van der Waals surface area contributed by atoms with Crippen molar-refractivity contribution in [1.29, 1.82) is 0 Å². The lowest BCUT2D eigenvalue weighted by atomic mass is 10.00. The maximum atomic E-state index is 12.9. The molecule has 0 aliphatic carbocycles.